The zero-order valence-corrected chi connectivity index (χ0v) is 16.8. The molecule has 0 saturated carbocycles. The molecule has 8 heteroatoms. The van der Waals surface area contributed by atoms with Gasteiger partial charge in [0.15, 0.2) is 17.5 Å². The van der Waals surface area contributed by atoms with Crippen LogP contribution in [0.1, 0.15) is 18.4 Å². The van der Waals surface area contributed by atoms with Crippen LogP contribution >= 0.6 is 24.0 Å². The van der Waals surface area contributed by atoms with Crippen molar-refractivity contribution in [1.82, 2.24) is 10.6 Å². The molecule has 0 bridgehead atoms. The lowest BCUT2D eigenvalue weighted by Crippen LogP contribution is -2.37. The van der Waals surface area contributed by atoms with Crippen molar-refractivity contribution in [2.24, 2.45) is 4.99 Å². The number of benzene rings is 1. The van der Waals surface area contributed by atoms with Crippen molar-refractivity contribution in [2.75, 3.05) is 40.2 Å². The summed E-state index contributed by atoms with van der Waals surface area (Å²) < 4.78 is 21.7. The van der Waals surface area contributed by atoms with Crippen LogP contribution in [0.15, 0.2) is 23.2 Å². The fraction of sp³-hybridized carbons (Fsp3) is 0.588. The summed E-state index contributed by atoms with van der Waals surface area (Å²) in [4.78, 5) is 4.23. The van der Waals surface area contributed by atoms with Gasteiger partial charge < -0.3 is 29.6 Å². The maximum absolute atomic E-state index is 5.74. The van der Waals surface area contributed by atoms with Crippen LogP contribution in [0.25, 0.3) is 0 Å². The van der Waals surface area contributed by atoms with Crippen LogP contribution in [0.2, 0.25) is 0 Å². The van der Waals surface area contributed by atoms with Crippen molar-refractivity contribution in [3.63, 3.8) is 0 Å². The smallest absolute Gasteiger partial charge is 0.231 e. The van der Waals surface area contributed by atoms with Gasteiger partial charge in [-0.1, -0.05) is 6.07 Å². The second-order valence-corrected chi connectivity index (χ2v) is 5.75. The Morgan fingerprint density at radius 1 is 1.28 bits per heavy atom. The topological polar surface area (TPSA) is 73.3 Å². The van der Waals surface area contributed by atoms with Crippen molar-refractivity contribution >= 4 is 29.9 Å². The SMILES string of the molecule is CN=C(NCCCOC1CCOC1)NCc1ccc2c(c1)OCO2.I. The average Bonchev–Trinajstić information content (AvgIpc) is 3.28. The van der Waals surface area contributed by atoms with Crippen LogP contribution in [0.3, 0.4) is 0 Å². The quantitative estimate of drug-likeness (QED) is 0.279. The van der Waals surface area contributed by atoms with Crippen molar-refractivity contribution in [2.45, 2.75) is 25.5 Å². The molecule has 25 heavy (non-hydrogen) atoms. The minimum atomic E-state index is 0. The summed E-state index contributed by atoms with van der Waals surface area (Å²) >= 11 is 0. The highest BCUT2D eigenvalue weighted by Crippen LogP contribution is 2.32. The highest BCUT2D eigenvalue weighted by molar-refractivity contribution is 14.0. The maximum Gasteiger partial charge on any atom is 0.231 e. The minimum absolute atomic E-state index is 0. The van der Waals surface area contributed by atoms with E-state index in [4.69, 9.17) is 18.9 Å². The Morgan fingerprint density at radius 3 is 2.96 bits per heavy atom. The third-order valence-corrected chi connectivity index (χ3v) is 3.98. The summed E-state index contributed by atoms with van der Waals surface area (Å²) in [6.07, 6.45) is 2.21. The van der Waals surface area contributed by atoms with E-state index in [1.807, 2.05) is 18.2 Å². The minimum Gasteiger partial charge on any atom is -0.454 e. The number of ether oxygens (including phenoxy) is 4. The highest BCUT2D eigenvalue weighted by atomic mass is 127. The van der Waals surface area contributed by atoms with Crippen molar-refractivity contribution < 1.29 is 18.9 Å². The highest BCUT2D eigenvalue weighted by Gasteiger charge is 2.15. The molecule has 1 fully saturated rings. The lowest BCUT2D eigenvalue weighted by Gasteiger charge is -2.13. The first kappa shape index (κ1) is 20.1. The second-order valence-electron chi connectivity index (χ2n) is 5.75. The van der Waals surface area contributed by atoms with E-state index in [-0.39, 0.29) is 30.1 Å². The van der Waals surface area contributed by atoms with E-state index < -0.39 is 0 Å². The monoisotopic (exact) mass is 463 g/mol. The zero-order valence-electron chi connectivity index (χ0n) is 14.5. The Labute approximate surface area is 165 Å². The van der Waals surface area contributed by atoms with Crippen molar-refractivity contribution in [3.05, 3.63) is 23.8 Å². The molecule has 7 nitrogen and oxygen atoms in total. The summed E-state index contributed by atoms with van der Waals surface area (Å²) in [7, 11) is 1.77. The largest absolute Gasteiger partial charge is 0.454 e. The number of nitrogens with one attached hydrogen (secondary N) is 2. The molecule has 2 aliphatic rings. The molecule has 3 rings (SSSR count). The lowest BCUT2D eigenvalue weighted by molar-refractivity contribution is 0.0420. The molecule has 0 aliphatic carbocycles. The van der Waals surface area contributed by atoms with Gasteiger partial charge in [-0.3, -0.25) is 4.99 Å². The van der Waals surface area contributed by atoms with Crippen molar-refractivity contribution in [1.29, 1.82) is 0 Å². The molecule has 1 unspecified atom stereocenters. The van der Waals surface area contributed by atoms with Crippen LogP contribution in [0.5, 0.6) is 11.5 Å². The molecule has 1 saturated heterocycles. The van der Waals surface area contributed by atoms with E-state index in [9.17, 15) is 0 Å². The van der Waals surface area contributed by atoms with E-state index in [1.165, 1.54) is 0 Å². The second kappa shape index (κ2) is 10.7. The molecule has 2 N–H and O–H groups in total. The van der Waals surface area contributed by atoms with Gasteiger partial charge >= 0.3 is 0 Å². The van der Waals surface area contributed by atoms with Gasteiger partial charge in [-0.05, 0) is 30.5 Å². The summed E-state index contributed by atoms with van der Waals surface area (Å²) in [6, 6.07) is 5.94. The Kier molecular flexibility index (Phi) is 8.56. The lowest BCUT2D eigenvalue weighted by atomic mass is 10.2. The maximum atomic E-state index is 5.74. The summed E-state index contributed by atoms with van der Waals surface area (Å²) in [5.74, 6) is 2.37. The first-order valence-corrected chi connectivity index (χ1v) is 8.37. The summed E-state index contributed by atoms with van der Waals surface area (Å²) in [5, 5.41) is 6.58. The van der Waals surface area contributed by atoms with Crippen LogP contribution in [-0.4, -0.2) is 52.3 Å². The molecule has 140 valence electrons. The van der Waals surface area contributed by atoms with Crippen molar-refractivity contribution in [3.8, 4) is 11.5 Å². The molecule has 1 atom stereocenters. The van der Waals surface area contributed by atoms with E-state index >= 15 is 0 Å². The van der Waals surface area contributed by atoms with Gasteiger partial charge in [0.25, 0.3) is 0 Å². The number of hydrogen-bond donors (Lipinski definition) is 2. The van der Waals surface area contributed by atoms with E-state index in [0.29, 0.717) is 13.3 Å². The molecular weight excluding hydrogens is 437 g/mol. The first-order valence-electron chi connectivity index (χ1n) is 8.37. The van der Waals surface area contributed by atoms with Gasteiger partial charge in [-0.25, -0.2) is 0 Å². The van der Waals surface area contributed by atoms with Gasteiger partial charge in [0.2, 0.25) is 6.79 Å². The molecule has 0 spiro atoms. The van der Waals surface area contributed by atoms with Gasteiger partial charge in [0.1, 0.15) is 0 Å². The average molecular weight is 463 g/mol. The third-order valence-electron chi connectivity index (χ3n) is 3.98. The standard InChI is InChI=1S/C17H25N3O4.HI/c1-18-17(19-6-2-7-22-14-5-8-21-11-14)20-10-13-3-4-15-16(9-13)24-12-23-15;/h3-4,9,14H,2,5-8,10-12H2,1H3,(H2,18,19,20);1H. The summed E-state index contributed by atoms with van der Waals surface area (Å²) in [5.41, 5.74) is 1.12. The number of fused-ring (bicyclic) bond motifs is 1. The summed E-state index contributed by atoms with van der Waals surface area (Å²) in [6.45, 7) is 4.07. The number of aliphatic imine (C=N–C) groups is 1. The predicted octanol–water partition coefficient (Wildman–Crippen LogP) is 1.89. The Morgan fingerprint density at radius 2 is 2.16 bits per heavy atom. The number of guanidine groups is 1. The number of nitrogens with zero attached hydrogens (tertiary/aromatic N) is 1. The van der Waals surface area contributed by atoms with E-state index in [2.05, 4.69) is 15.6 Å². The van der Waals surface area contributed by atoms with Crippen LogP contribution in [0, 0.1) is 0 Å². The van der Waals surface area contributed by atoms with Gasteiger partial charge in [-0.2, -0.15) is 0 Å². The molecule has 1 aromatic carbocycles. The third kappa shape index (κ3) is 6.19. The molecule has 0 radical (unpaired) electrons. The van der Waals surface area contributed by atoms with Crippen LogP contribution in [-0.2, 0) is 16.0 Å². The van der Waals surface area contributed by atoms with E-state index in [1.54, 1.807) is 7.05 Å². The predicted molar refractivity (Wildman–Crippen MR) is 106 cm³/mol. The Bertz CT molecular complexity index is 565. The van der Waals surface area contributed by atoms with Gasteiger partial charge in [0, 0.05) is 33.4 Å². The molecular formula is C17H26IN3O4. The molecule has 1 aromatic rings. The Hall–Kier alpha value is -1.26. The molecule has 0 amide bonds. The van der Waals surface area contributed by atoms with Gasteiger partial charge in [-0.15, -0.1) is 24.0 Å². The van der Waals surface area contributed by atoms with Gasteiger partial charge in [0.05, 0.1) is 12.7 Å². The zero-order chi connectivity index (χ0) is 16.6. The molecule has 2 aliphatic heterocycles. The fourth-order valence-corrected chi connectivity index (χ4v) is 2.63. The number of rotatable bonds is 7. The van der Waals surface area contributed by atoms with Crippen LogP contribution in [0.4, 0.5) is 0 Å². The number of halogens is 1. The van der Waals surface area contributed by atoms with Crippen LogP contribution < -0.4 is 20.1 Å². The molecule has 2 heterocycles. The molecule has 0 aromatic heterocycles. The van der Waals surface area contributed by atoms with E-state index in [0.717, 1.165) is 62.2 Å². The fourth-order valence-electron chi connectivity index (χ4n) is 2.63. The Balaban J connectivity index is 0.00000225. The number of hydrogen-bond acceptors (Lipinski definition) is 5. The first-order chi connectivity index (χ1) is 11.8. The normalized spacial score (nSPS) is 18.8.